The van der Waals surface area contributed by atoms with Crippen molar-refractivity contribution in [3.05, 3.63) is 69.5 Å². The minimum absolute atomic E-state index is 0.0403. The third kappa shape index (κ3) is 3.43. The van der Waals surface area contributed by atoms with Crippen LogP contribution in [0.2, 0.25) is 5.02 Å². The number of halogens is 2. The zero-order valence-corrected chi connectivity index (χ0v) is 12.9. The summed E-state index contributed by atoms with van der Waals surface area (Å²) in [6.07, 6.45) is -0.874. The van der Waals surface area contributed by atoms with Gasteiger partial charge in [0.1, 0.15) is 5.82 Å². The highest BCUT2D eigenvalue weighted by molar-refractivity contribution is 6.30. The summed E-state index contributed by atoms with van der Waals surface area (Å²) in [7, 11) is 0. The quantitative estimate of drug-likeness (QED) is 0.900. The minimum atomic E-state index is -0.874. The zero-order valence-electron chi connectivity index (χ0n) is 12.1. The summed E-state index contributed by atoms with van der Waals surface area (Å²) in [5, 5.41) is 10.6. The number of nitrogens with two attached hydrogens (primary N) is 1. The lowest BCUT2D eigenvalue weighted by Crippen LogP contribution is -2.21. The average molecular weight is 308 g/mol. The number of benzene rings is 2. The maximum Gasteiger partial charge on any atom is 0.145 e. The van der Waals surface area contributed by atoms with Gasteiger partial charge in [0.05, 0.1) is 11.1 Å². The molecule has 2 rings (SSSR count). The van der Waals surface area contributed by atoms with Crippen LogP contribution < -0.4 is 5.73 Å². The summed E-state index contributed by atoms with van der Waals surface area (Å²) in [6.45, 7) is 4.05. The van der Waals surface area contributed by atoms with Crippen LogP contribution in [0.1, 0.15) is 34.3 Å². The number of aliphatic hydroxyl groups is 1. The number of aryl methyl sites for hydroxylation is 2. The summed E-state index contributed by atoms with van der Waals surface area (Å²) in [5.74, 6) is -1.05. The summed E-state index contributed by atoms with van der Waals surface area (Å²) >= 11 is 5.82. The van der Waals surface area contributed by atoms with Crippen molar-refractivity contribution >= 4 is 11.6 Å². The van der Waals surface area contributed by atoms with Gasteiger partial charge in [-0.25, -0.2) is 4.39 Å². The molecule has 0 saturated heterocycles. The topological polar surface area (TPSA) is 46.2 Å². The Morgan fingerprint density at radius 1 is 1.19 bits per heavy atom. The predicted octanol–water partition coefficient (Wildman–Crippen LogP) is 3.87. The van der Waals surface area contributed by atoms with Gasteiger partial charge in [0.15, 0.2) is 0 Å². The molecule has 0 fully saturated rings. The lowest BCUT2D eigenvalue weighted by molar-refractivity contribution is 0.145. The maximum atomic E-state index is 14.2. The Bertz CT molecular complexity index is 624. The molecule has 0 radical (unpaired) electrons. The lowest BCUT2D eigenvalue weighted by atomic mass is 9.88. The Labute approximate surface area is 129 Å². The van der Waals surface area contributed by atoms with E-state index < -0.39 is 17.8 Å². The first-order valence-corrected chi connectivity index (χ1v) is 7.22. The van der Waals surface area contributed by atoms with Crippen molar-refractivity contribution in [1.29, 1.82) is 0 Å². The molecular formula is C17H19ClFNO. The zero-order chi connectivity index (χ0) is 15.6. The maximum absolute atomic E-state index is 14.2. The Hall–Kier alpha value is -1.42. The van der Waals surface area contributed by atoms with Crippen LogP contribution in [0, 0.1) is 19.7 Å². The second-order valence-electron chi connectivity index (χ2n) is 5.35. The molecule has 0 aromatic heterocycles. The van der Waals surface area contributed by atoms with Gasteiger partial charge in [0, 0.05) is 12.5 Å². The first kappa shape index (κ1) is 16.0. The molecule has 112 valence electrons. The molecule has 2 atom stereocenters. The van der Waals surface area contributed by atoms with Gasteiger partial charge in [0.2, 0.25) is 0 Å². The molecule has 0 spiro atoms. The molecule has 2 aromatic carbocycles. The Balaban J connectivity index is 2.43. The smallest absolute Gasteiger partial charge is 0.145 e. The highest BCUT2D eigenvalue weighted by atomic mass is 35.5. The van der Waals surface area contributed by atoms with E-state index in [0.29, 0.717) is 5.56 Å². The van der Waals surface area contributed by atoms with Gasteiger partial charge >= 0.3 is 0 Å². The highest BCUT2D eigenvalue weighted by Gasteiger charge is 2.25. The summed E-state index contributed by atoms with van der Waals surface area (Å²) in [5.41, 5.74) is 8.95. The molecule has 4 heteroatoms. The van der Waals surface area contributed by atoms with Crippen molar-refractivity contribution in [1.82, 2.24) is 0 Å². The standard InChI is InChI=1S/C17H19ClFNO/c1-10-6-11(2)8-12(7-10)17(21)14(9-20)13-4-3-5-15(18)16(13)19/h3-8,14,17,21H,9,20H2,1-2H3. The van der Waals surface area contributed by atoms with Crippen LogP contribution in [-0.4, -0.2) is 11.7 Å². The van der Waals surface area contributed by atoms with Crippen LogP contribution in [0.4, 0.5) is 4.39 Å². The molecule has 0 aliphatic heterocycles. The normalized spacial score (nSPS) is 14.0. The fourth-order valence-electron chi connectivity index (χ4n) is 2.65. The average Bonchev–Trinajstić information content (AvgIpc) is 2.43. The van der Waals surface area contributed by atoms with Crippen molar-refractivity contribution < 1.29 is 9.50 Å². The molecule has 0 saturated carbocycles. The minimum Gasteiger partial charge on any atom is -0.388 e. The van der Waals surface area contributed by atoms with E-state index in [2.05, 4.69) is 0 Å². The van der Waals surface area contributed by atoms with Crippen LogP contribution in [0.5, 0.6) is 0 Å². The number of hydrogen-bond donors (Lipinski definition) is 2. The van der Waals surface area contributed by atoms with Gasteiger partial charge in [-0.1, -0.05) is 53.1 Å². The summed E-state index contributed by atoms with van der Waals surface area (Å²) in [4.78, 5) is 0. The monoisotopic (exact) mass is 307 g/mol. The van der Waals surface area contributed by atoms with Crippen LogP contribution in [0.3, 0.4) is 0 Å². The van der Waals surface area contributed by atoms with Crippen molar-refractivity contribution in [2.75, 3.05) is 6.54 Å². The first-order chi connectivity index (χ1) is 9.93. The lowest BCUT2D eigenvalue weighted by Gasteiger charge is -2.23. The predicted molar refractivity (Wildman–Crippen MR) is 84.1 cm³/mol. The van der Waals surface area contributed by atoms with Gasteiger partial charge in [-0.05, 0) is 31.0 Å². The van der Waals surface area contributed by atoms with E-state index in [0.717, 1.165) is 16.7 Å². The van der Waals surface area contributed by atoms with E-state index >= 15 is 0 Å². The molecule has 0 aliphatic rings. The second kappa shape index (κ2) is 6.56. The van der Waals surface area contributed by atoms with Gasteiger partial charge < -0.3 is 10.8 Å². The Morgan fingerprint density at radius 3 is 2.38 bits per heavy atom. The fourth-order valence-corrected chi connectivity index (χ4v) is 2.83. The molecule has 2 aromatic rings. The molecule has 3 N–H and O–H groups in total. The van der Waals surface area contributed by atoms with Crippen LogP contribution >= 0.6 is 11.6 Å². The van der Waals surface area contributed by atoms with E-state index in [4.69, 9.17) is 17.3 Å². The highest BCUT2D eigenvalue weighted by Crippen LogP contribution is 2.34. The summed E-state index contributed by atoms with van der Waals surface area (Å²) < 4.78 is 14.2. The van der Waals surface area contributed by atoms with Crippen molar-refractivity contribution in [2.45, 2.75) is 25.9 Å². The largest absolute Gasteiger partial charge is 0.388 e. The summed E-state index contributed by atoms with van der Waals surface area (Å²) in [6, 6.07) is 10.6. The van der Waals surface area contributed by atoms with Crippen LogP contribution in [0.15, 0.2) is 36.4 Å². The van der Waals surface area contributed by atoms with Crippen molar-refractivity contribution in [3.63, 3.8) is 0 Å². The van der Waals surface area contributed by atoms with Gasteiger partial charge in [-0.2, -0.15) is 0 Å². The fraction of sp³-hybridized carbons (Fsp3) is 0.294. The van der Waals surface area contributed by atoms with Gasteiger partial charge in [-0.3, -0.25) is 0 Å². The SMILES string of the molecule is Cc1cc(C)cc(C(O)C(CN)c2cccc(Cl)c2F)c1. The third-order valence-electron chi connectivity index (χ3n) is 3.60. The number of aliphatic hydroxyl groups excluding tert-OH is 1. The Morgan fingerprint density at radius 2 is 1.81 bits per heavy atom. The molecule has 21 heavy (non-hydrogen) atoms. The number of hydrogen-bond acceptors (Lipinski definition) is 2. The second-order valence-corrected chi connectivity index (χ2v) is 5.76. The van der Waals surface area contributed by atoms with Crippen LogP contribution in [0.25, 0.3) is 0 Å². The first-order valence-electron chi connectivity index (χ1n) is 6.84. The van der Waals surface area contributed by atoms with E-state index in [-0.39, 0.29) is 11.6 Å². The van der Waals surface area contributed by atoms with Gasteiger partial charge in [0.25, 0.3) is 0 Å². The van der Waals surface area contributed by atoms with Crippen molar-refractivity contribution in [2.24, 2.45) is 5.73 Å². The molecule has 0 amide bonds. The Kier molecular flexibility index (Phi) is 4.99. The van der Waals surface area contributed by atoms with E-state index in [1.165, 1.54) is 6.07 Å². The van der Waals surface area contributed by atoms with E-state index in [1.807, 2.05) is 32.0 Å². The molecule has 0 heterocycles. The molecule has 2 nitrogen and oxygen atoms in total. The van der Waals surface area contributed by atoms with E-state index in [1.54, 1.807) is 12.1 Å². The molecule has 0 aliphatic carbocycles. The van der Waals surface area contributed by atoms with Crippen LogP contribution in [-0.2, 0) is 0 Å². The molecular weight excluding hydrogens is 289 g/mol. The third-order valence-corrected chi connectivity index (χ3v) is 3.89. The molecule has 0 bridgehead atoms. The number of rotatable bonds is 4. The molecule has 2 unspecified atom stereocenters. The van der Waals surface area contributed by atoms with E-state index in [9.17, 15) is 9.50 Å². The van der Waals surface area contributed by atoms with Gasteiger partial charge in [-0.15, -0.1) is 0 Å². The van der Waals surface area contributed by atoms with Crippen molar-refractivity contribution in [3.8, 4) is 0 Å².